The first-order valence-electron chi connectivity index (χ1n) is 22.6. The largest absolute Gasteiger partial charge is 0.490 e. The summed E-state index contributed by atoms with van der Waals surface area (Å²) in [6.45, 7) is 2.65. The Balaban J connectivity index is 0.000000323. The molecule has 18 nitrogen and oxygen atoms in total. The number of halogens is 1. The van der Waals surface area contributed by atoms with Gasteiger partial charge in [-0.25, -0.2) is 0 Å². The van der Waals surface area contributed by atoms with Crippen LogP contribution >= 0.6 is 15.9 Å². The Morgan fingerprint density at radius 3 is 1.69 bits per heavy atom. The number of methoxy groups -OCH3 is 3. The summed E-state index contributed by atoms with van der Waals surface area (Å²) < 4.78 is 14.7. The zero-order valence-corrected chi connectivity index (χ0v) is 40.5. The fourth-order valence-corrected chi connectivity index (χ4v) is 8.90. The molecule has 1 atom stereocenters. The topological polar surface area (TPSA) is 262 Å². The van der Waals surface area contributed by atoms with E-state index < -0.39 is 14.8 Å². The van der Waals surface area contributed by atoms with E-state index in [1.54, 1.807) is 17.8 Å². The van der Waals surface area contributed by atoms with E-state index >= 15 is 0 Å². The van der Waals surface area contributed by atoms with E-state index in [0.717, 1.165) is 43.4 Å². The van der Waals surface area contributed by atoms with Crippen LogP contribution in [0, 0.1) is 36.3 Å². The highest BCUT2D eigenvalue weighted by Gasteiger charge is 2.27. The number of likely N-dealkylation sites (tertiary alicyclic amines) is 1. The van der Waals surface area contributed by atoms with E-state index in [-0.39, 0.29) is 95.9 Å². The van der Waals surface area contributed by atoms with Crippen molar-refractivity contribution in [2.75, 3.05) is 39.7 Å². The van der Waals surface area contributed by atoms with Gasteiger partial charge >= 0.3 is 17.1 Å². The number of nitrogens with zero attached hydrogens (tertiary/aromatic N) is 4. The minimum absolute atomic E-state index is 0. The number of hydrogen-bond donors (Lipinski definition) is 2. The van der Waals surface area contributed by atoms with E-state index in [1.165, 1.54) is 133 Å². The van der Waals surface area contributed by atoms with Crippen molar-refractivity contribution in [1.82, 2.24) is 16.0 Å². The van der Waals surface area contributed by atoms with Crippen molar-refractivity contribution in [1.29, 1.82) is 0 Å². The minimum atomic E-state index is -0.582. The number of hydrogen-bond acceptors (Lipinski definition) is 14. The lowest BCUT2D eigenvalue weighted by Gasteiger charge is -2.24. The molecule has 4 aliphatic rings. The predicted molar refractivity (Wildman–Crippen MR) is 275 cm³/mol. The van der Waals surface area contributed by atoms with Crippen molar-refractivity contribution in [3.63, 3.8) is 0 Å². The second-order valence-corrected chi connectivity index (χ2v) is 17.1. The van der Waals surface area contributed by atoms with Gasteiger partial charge in [-0.3, -0.25) is 44.7 Å². The number of aromatic amines is 1. The normalized spacial score (nSPS) is 15.5. The zero-order chi connectivity index (χ0) is 48.5. The van der Waals surface area contributed by atoms with Gasteiger partial charge in [-0.2, -0.15) is 0 Å². The minimum Gasteiger partial charge on any atom is -0.490 e. The van der Waals surface area contributed by atoms with Gasteiger partial charge in [0.1, 0.15) is 5.78 Å². The molecule has 2 heterocycles. The molecule has 1 aromatic heterocycles. The van der Waals surface area contributed by atoms with E-state index in [2.05, 4.69) is 38.0 Å². The van der Waals surface area contributed by atoms with Crippen LogP contribution in [0.5, 0.6) is 17.2 Å². The van der Waals surface area contributed by atoms with Crippen LogP contribution in [0.1, 0.15) is 130 Å². The predicted octanol–water partition coefficient (Wildman–Crippen LogP) is 12.6. The third-order valence-electron chi connectivity index (χ3n) is 12.2. The van der Waals surface area contributed by atoms with E-state index in [0.29, 0.717) is 12.0 Å². The fourth-order valence-electron chi connectivity index (χ4n) is 8.57. The zero-order valence-electron chi connectivity index (χ0n) is 38.9. The molecule has 1 saturated heterocycles. The second-order valence-electron chi connectivity index (χ2n) is 16.6. The molecule has 0 spiro atoms. The number of aromatic nitrogens is 1. The highest BCUT2D eigenvalue weighted by molar-refractivity contribution is 9.09. The molecule has 0 bridgehead atoms. The molecule has 70 heavy (non-hydrogen) atoms. The maximum absolute atomic E-state index is 12.2. The third kappa shape index (κ3) is 16.3. The molecule has 2 fully saturated rings. The lowest BCUT2D eigenvalue weighted by molar-refractivity contribution is -0.385. The van der Waals surface area contributed by atoms with Crippen molar-refractivity contribution >= 4 is 50.3 Å². The van der Waals surface area contributed by atoms with E-state index in [1.807, 2.05) is 6.07 Å². The number of carbonyl (C=O) groups is 3. The first kappa shape index (κ1) is 59.7. The number of H-pyrrole nitrogens is 1. The van der Waals surface area contributed by atoms with Gasteiger partial charge < -0.3 is 30.2 Å². The molecule has 1 unspecified atom stereocenters. The number of ether oxygens (including phenoxy) is 3. The molecule has 382 valence electrons. The van der Waals surface area contributed by atoms with Gasteiger partial charge in [-0.15, -0.1) is 0 Å². The Morgan fingerprint density at radius 2 is 1.19 bits per heavy atom. The number of aryl methyl sites for hydroxylation is 2. The van der Waals surface area contributed by atoms with Gasteiger partial charge in [0, 0.05) is 83.8 Å². The van der Waals surface area contributed by atoms with Crippen LogP contribution in [-0.4, -0.2) is 81.8 Å². The van der Waals surface area contributed by atoms with Crippen LogP contribution in [-0.2, 0) is 17.6 Å². The van der Waals surface area contributed by atoms with Crippen molar-refractivity contribution in [3.05, 3.63) is 125 Å². The molecule has 0 amide bonds. The standard InChI is InChI=1S/C15H16N2O3.C15H17NO5.C10H17N.C9H8BrNO4.2CH4.H3N/c1-20-15-7-6-11(9-14(15)17(18)19)13-8-10-4-2-3-5-12(10)16-13;1-21-15-7-6-11(8-12(15)16(19)20)14(18)9-10-4-2-3-5-13(10)17;1-2-6-10(7-3-1)11-8-4-5-9-11;1-15-9-3-2-6(8(12)5-10)4-7(9)11(13)14;;;/h6-9,16H,2-5H2,1H3;6-8,10H,2-5,9H2,1H3;6H,1-5,7-9H2;2-4H,5H2,1H3;2*1H4;1H3. The summed E-state index contributed by atoms with van der Waals surface area (Å²) in [5, 5.41) is 32.8. The maximum atomic E-state index is 12.2. The van der Waals surface area contributed by atoms with Crippen molar-refractivity contribution < 1.29 is 43.4 Å². The number of fused-ring (bicyclic) bond motifs is 1. The quantitative estimate of drug-likeness (QED) is 0.0546. The molecular weight excluding hydrogens is 968 g/mol. The lowest BCUT2D eigenvalue weighted by Crippen LogP contribution is -2.22. The molecule has 4 aromatic rings. The maximum Gasteiger partial charge on any atom is 0.311 e. The SMILES string of the molecule is C.C.C1=C(N2CCCC2)CCCC1.COc1ccc(-c2cc3c([nH]2)CCCC3)cc1[N+](=O)[O-].COc1ccc(C(=O)CBr)cc1[N+](=O)[O-].COc1ccc(C(=O)CC2CCCCC2=O)cc1[N+](=O)[O-].N. The smallest absolute Gasteiger partial charge is 0.311 e. The van der Waals surface area contributed by atoms with Crippen LogP contribution in [0.25, 0.3) is 11.3 Å². The number of Topliss-reactive ketones (excluding diaryl/α,β-unsaturated/α-hetero) is 3. The van der Waals surface area contributed by atoms with E-state index in [4.69, 9.17) is 14.2 Å². The summed E-state index contributed by atoms with van der Waals surface area (Å²) in [6.07, 6.45) is 18.6. The average Bonchev–Trinajstić information content (AvgIpc) is 4.06. The molecule has 1 aliphatic heterocycles. The highest BCUT2D eigenvalue weighted by Crippen LogP contribution is 2.35. The molecule has 19 heteroatoms. The Labute approximate surface area is 418 Å². The first-order valence-corrected chi connectivity index (χ1v) is 23.7. The van der Waals surface area contributed by atoms with E-state index in [9.17, 15) is 44.7 Å². The number of nitro groups is 3. The number of nitro benzene ring substituents is 3. The van der Waals surface area contributed by atoms with Crippen LogP contribution < -0.4 is 20.4 Å². The van der Waals surface area contributed by atoms with Gasteiger partial charge in [0.2, 0.25) is 0 Å². The summed E-state index contributed by atoms with van der Waals surface area (Å²) >= 11 is 3.00. The van der Waals surface area contributed by atoms with Gasteiger partial charge in [0.15, 0.2) is 28.8 Å². The Hall–Kier alpha value is -6.47. The average molecular weight is 1040 g/mol. The number of allylic oxidation sites excluding steroid dienone is 2. The van der Waals surface area contributed by atoms with Gasteiger partial charge in [0.25, 0.3) is 0 Å². The highest BCUT2D eigenvalue weighted by atomic mass is 79.9. The number of nitrogens with one attached hydrogen (secondary N) is 1. The molecule has 1 saturated carbocycles. The summed E-state index contributed by atoms with van der Waals surface area (Å²) in [5.74, 6) is -0.0155. The molecule has 0 radical (unpaired) electrons. The summed E-state index contributed by atoms with van der Waals surface area (Å²) in [4.78, 5) is 72.3. The summed E-state index contributed by atoms with van der Waals surface area (Å²) in [5.41, 5.74) is 6.12. The molecule has 8 rings (SSSR count). The number of alkyl halides is 1. The summed E-state index contributed by atoms with van der Waals surface area (Å²) in [7, 11) is 4.12. The van der Waals surface area contributed by atoms with Crippen LogP contribution in [0.15, 0.2) is 72.4 Å². The monoisotopic (exact) mass is 1040 g/mol. The Morgan fingerprint density at radius 1 is 0.671 bits per heavy atom. The van der Waals surface area contributed by atoms with Crippen LogP contribution in [0.2, 0.25) is 0 Å². The number of ketones is 3. The van der Waals surface area contributed by atoms with Crippen molar-refractivity contribution in [3.8, 4) is 28.5 Å². The van der Waals surface area contributed by atoms with Gasteiger partial charge in [-0.1, -0.05) is 43.3 Å². The molecule has 4 N–H and O–H groups in total. The fraction of sp³-hybridized carbons (Fsp3) is 0.471. The molecule has 3 aliphatic carbocycles. The summed E-state index contributed by atoms with van der Waals surface area (Å²) in [6, 6.07) is 15.4. The number of carbonyl (C=O) groups excluding carboxylic acids is 3. The third-order valence-corrected chi connectivity index (χ3v) is 12.7. The van der Waals surface area contributed by atoms with Crippen molar-refractivity contribution in [2.45, 2.75) is 111 Å². The molecular formula is C51H69BrN6O12. The second kappa shape index (κ2) is 29.5. The number of benzene rings is 3. The number of rotatable bonds is 13. The lowest BCUT2D eigenvalue weighted by atomic mass is 9.83. The molecule has 3 aromatic carbocycles. The Bertz CT molecular complexity index is 2430. The van der Waals surface area contributed by atoms with Crippen LogP contribution in [0.4, 0.5) is 17.1 Å². The first-order chi connectivity index (χ1) is 32.3. The van der Waals surface area contributed by atoms with Gasteiger partial charge in [0.05, 0.1) is 41.4 Å². The Kier molecular flexibility index (Phi) is 25.2. The van der Waals surface area contributed by atoms with Crippen LogP contribution in [0.3, 0.4) is 0 Å². The van der Waals surface area contributed by atoms with Gasteiger partial charge in [-0.05, 0) is 125 Å². The van der Waals surface area contributed by atoms with Crippen molar-refractivity contribution in [2.24, 2.45) is 5.92 Å².